The lowest BCUT2D eigenvalue weighted by atomic mass is 10.2. The van der Waals surface area contributed by atoms with Gasteiger partial charge < -0.3 is 5.32 Å². The summed E-state index contributed by atoms with van der Waals surface area (Å²) in [5.41, 5.74) is 2.44. The molecule has 1 aromatic heterocycles. The molecule has 0 amide bonds. The second-order valence-electron chi connectivity index (χ2n) is 4.17. The Kier molecular flexibility index (Phi) is 4.93. The number of hydrogen-bond acceptors (Lipinski definition) is 4. The summed E-state index contributed by atoms with van der Waals surface area (Å²) in [6, 6.07) is 7.03. The highest BCUT2D eigenvalue weighted by molar-refractivity contribution is 7.99. The average Bonchev–Trinajstić information content (AvgIpc) is 2.90. The zero-order chi connectivity index (χ0) is 14.6. The number of nitrogens with zero attached hydrogens (tertiary/aromatic N) is 1. The monoisotopic (exact) mass is 318 g/mol. The zero-order valence-electron chi connectivity index (χ0n) is 10.6. The molecule has 0 saturated carbocycles. The van der Waals surface area contributed by atoms with Crippen LogP contribution in [-0.4, -0.2) is 16.9 Å². The minimum atomic E-state index is -4.17. The van der Waals surface area contributed by atoms with E-state index in [4.69, 9.17) is 0 Å². The molecule has 2 aromatic rings. The third-order valence-electron chi connectivity index (χ3n) is 2.53. The van der Waals surface area contributed by atoms with Gasteiger partial charge in [-0.3, -0.25) is 4.98 Å². The highest BCUT2D eigenvalue weighted by Crippen LogP contribution is 2.34. The number of alkyl halides is 3. The second-order valence-corrected chi connectivity index (χ2v) is 6.10. The Labute approximate surface area is 123 Å². The number of benzene rings is 1. The Morgan fingerprint density at radius 1 is 1.35 bits per heavy atom. The molecular formula is C13H13F3N2S2. The lowest BCUT2D eigenvalue weighted by Crippen LogP contribution is -2.11. The first kappa shape index (κ1) is 15.2. The summed E-state index contributed by atoms with van der Waals surface area (Å²) in [5.74, 6) is -0.888. The standard InChI is InChI=1S/C13H13F3N2S2/c1-9(12-6-17-8-20-12)18-10-4-2-3-5-11(10)19-7-13(14,15)16/h2-6,8-9,18H,7H2,1H3. The highest BCUT2D eigenvalue weighted by atomic mass is 32.2. The van der Waals surface area contributed by atoms with E-state index in [1.807, 2.05) is 6.92 Å². The molecule has 1 aromatic carbocycles. The third-order valence-corrected chi connectivity index (χ3v) is 4.63. The Hall–Kier alpha value is -1.21. The van der Waals surface area contributed by atoms with Crippen LogP contribution in [0.2, 0.25) is 0 Å². The largest absolute Gasteiger partial charge is 0.398 e. The first-order chi connectivity index (χ1) is 9.46. The Morgan fingerprint density at radius 2 is 2.10 bits per heavy atom. The molecule has 108 valence electrons. The first-order valence-corrected chi connectivity index (χ1v) is 7.76. The molecule has 0 aliphatic rings. The maximum absolute atomic E-state index is 12.3. The lowest BCUT2D eigenvalue weighted by Gasteiger charge is -2.17. The van der Waals surface area contributed by atoms with Crippen molar-refractivity contribution in [3.8, 4) is 0 Å². The molecule has 0 radical (unpaired) electrons. The lowest BCUT2D eigenvalue weighted by molar-refractivity contribution is -0.105. The third kappa shape index (κ3) is 4.42. The molecule has 20 heavy (non-hydrogen) atoms. The van der Waals surface area contributed by atoms with Gasteiger partial charge in [-0.25, -0.2) is 0 Å². The van der Waals surface area contributed by atoms with Crippen molar-refractivity contribution in [1.29, 1.82) is 0 Å². The summed E-state index contributed by atoms with van der Waals surface area (Å²) >= 11 is 2.31. The van der Waals surface area contributed by atoms with E-state index < -0.39 is 11.9 Å². The van der Waals surface area contributed by atoms with Crippen molar-refractivity contribution in [3.05, 3.63) is 40.8 Å². The van der Waals surface area contributed by atoms with Crippen LogP contribution in [-0.2, 0) is 0 Å². The predicted octanol–water partition coefficient (Wildman–Crippen LogP) is 4.97. The summed E-state index contributed by atoms with van der Waals surface area (Å²) in [4.78, 5) is 5.64. The minimum Gasteiger partial charge on any atom is -0.377 e. The molecule has 1 N–H and O–H groups in total. The topological polar surface area (TPSA) is 24.9 Å². The van der Waals surface area contributed by atoms with Crippen molar-refractivity contribution < 1.29 is 13.2 Å². The van der Waals surface area contributed by atoms with Gasteiger partial charge in [0.1, 0.15) is 0 Å². The van der Waals surface area contributed by atoms with E-state index >= 15 is 0 Å². The van der Waals surface area contributed by atoms with Crippen LogP contribution in [0, 0.1) is 0 Å². The molecule has 2 nitrogen and oxygen atoms in total. The molecule has 0 fully saturated rings. The van der Waals surface area contributed by atoms with Gasteiger partial charge in [0, 0.05) is 21.7 Å². The van der Waals surface area contributed by atoms with Crippen LogP contribution in [0.25, 0.3) is 0 Å². The van der Waals surface area contributed by atoms with Crippen molar-refractivity contribution >= 4 is 28.8 Å². The van der Waals surface area contributed by atoms with E-state index in [9.17, 15) is 13.2 Å². The van der Waals surface area contributed by atoms with E-state index in [1.54, 1.807) is 36.0 Å². The molecule has 2 rings (SSSR count). The van der Waals surface area contributed by atoms with E-state index in [1.165, 1.54) is 11.3 Å². The number of hydrogen-bond donors (Lipinski definition) is 1. The number of aromatic nitrogens is 1. The summed E-state index contributed by atoms with van der Waals surface area (Å²) in [7, 11) is 0. The molecule has 1 unspecified atom stereocenters. The number of anilines is 1. The van der Waals surface area contributed by atoms with Crippen LogP contribution in [0.15, 0.2) is 40.9 Å². The minimum absolute atomic E-state index is 0.00939. The van der Waals surface area contributed by atoms with Crippen molar-refractivity contribution in [2.75, 3.05) is 11.1 Å². The van der Waals surface area contributed by atoms with Crippen LogP contribution in [0.3, 0.4) is 0 Å². The molecule has 1 heterocycles. The van der Waals surface area contributed by atoms with Crippen molar-refractivity contribution in [2.24, 2.45) is 0 Å². The molecule has 0 aliphatic carbocycles. The predicted molar refractivity (Wildman–Crippen MR) is 77.4 cm³/mol. The number of thioether (sulfide) groups is 1. The van der Waals surface area contributed by atoms with E-state index in [-0.39, 0.29) is 6.04 Å². The maximum Gasteiger partial charge on any atom is 0.398 e. The second kappa shape index (κ2) is 6.49. The van der Waals surface area contributed by atoms with Crippen molar-refractivity contribution in [2.45, 2.75) is 24.0 Å². The molecular weight excluding hydrogens is 305 g/mol. The van der Waals surface area contributed by atoms with Gasteiger partial charge >= 0.3 is 6.18 Å². The molecule has 0 bridgehead atoms. The molecule has 0 spiro atoms. The fourth-order valence-corrected chi connectivity index (χ4v) is 3.02. The SMILES string of the molecule is CC(Nc1ccccc1SCC(F)(F)F)c1cncs1. The highest BCUT2D eigenvalue weighted by Gasteiger charge is 2.27. The van der Waals surface area contributed by atoms with Gasteiger partial charge in [-0.1, -0.05) is 12.1 Å². The Bertz CT molecular complexity index is 541. The van der Waals surface area contributed by atoms with E-state index in [0.29, 0.717) is 10.6 Å². The number of thiazole rings is 1. The van der Waals surface area contributed by atoms with E-state index in [0.717, 1.165) is 16.6 Å². The van der Waals surface area contributed by atoms with Gasteiger partial charge in [0.15, 0.2) is 0 Å². The smallest absolute Gasteiger partial charge is 0.377 e. The first-order valence-electron chi connectivity index (χ1n) is 5.89. The van der Waals surface area contributed by atoms with Gasteiger partial charge in [-0.15, -0.1) is 23.1 Å². The number of rotatable bonds is 5. The average molecular weight is 318 g/mol. The van der Waals surface area contributed by atoms with E-state index in [2.05, 4.69) is 10.3 Å². The molecule has 0 saturated heterocycles. The van der Waals surface area contributed by atoms with Gasteiger partial charge in [0.05, 0.1) is 17.3 Å². The Morgan fingerprint density at radius 3 is 2.75 bits per heavy atom. The number of halogens is 3. The summed E-state index contributed by atoms with van der Waals surface area (Å²) in [6.07, 6.45) is -2.41. The van der Waals surface area contributed by atoms with Gasteiger partial charge in [0.25, 0.3) is 0 Å². The summed E-state index contributed by atoms with van der Waals surface area (Å²) in [6.45, 7) is 1.96. The quantitative estimate of drug-likeness (QED) is 0.788. The van der Waals surface area contributed by atoms with Crippen LogP contribution >= 0.6 is 23.1 Å². The van der Waals surface area contributed by atoms with Gasteiger partial charge in [-0.05, 0) is 19.1 Å². The fourth-order valence-electron chi connectivity index (χ4n) is 1.62. The van der Waals surface area contributed by atoms with Crippen molar-refractivity contribution in [1.82, 2.24) is 4.98 Å². The molecule has 7 heteroatoms. The number of nitrogens with one attached hydrogen (secondary N) is 1. The maximum atomic E-state index is 12.3. The normalized spacial score (nSPS) is 13.2. The Balaban J connectivity index is 2.08. The van der Waals surface area contributed by atoms with Crippen LogP contribution in [0.4, 0.5) is 18.9 Å². The fraction of sp³-hybridized carbons (Fsp3) is 0.308. The van der Waals surface area contributed by atoms with Crippen molar-refractivity contribution in [3.63, 3.8) is 0 Å². The van der Waals surface area contributed by atoms with Crippen LogP contribution in [0.5, 0.6) is 0 Å². The summed E-state index contributed by atoms with van der Waals surface area (Å²) < 4.78 is 36.9. The van der Waals surface area contributed by atoms with Crippen LogP contribution in [0.1, 0.15) is 17.8 Å². The summed E-state index contributed by atoms with van der Waals surface area (Å²) in [5, 5.41) is 3.23. The van der Waals surface area contributed by atoms with Gasteiger partial charge in [0.2, 0.25) is 0 Å². The van der Waals surface area contributed by atoms with Crippen LogP contribution < -0.4 is 5.32 Å². The number of para-hydroxylation sites is 1. The van der Waals surface area contributed by atoms with Gasteiger partial charge in [-0.2, -0.15) is 13.2 Å². The molecule has 1 atom stereocenters. The molecule has 0 aliphatic heterocycles. The zero-order valence-corrected chi connectivity index (χ0v) is 12.3.